The van der Waals surface area contributed by atoms with Crippen molar-refractivity contribution in [2.24, 2.45) is 7.05 Å². The molecule has 0 spiro atoms. The summed E-state index contributed by atoms with van der Waals surface area (Å²) in [6, 6.07) is 6.07. The molecule has 0 radical (unpaired) electrons. The average molecular weight is 256 g/mol. The van der Waals surface area contributed by atoms with E-state index in [1.165, 1.54) is 0 Å². The Morgan fingerprint density at radius 2 is 2.32 bits per heavy atom. The molecule has 0 aliphatic carbocycles. The Hall–Kier alpha value is -2.14. The molecule has 0 unspecified atom stereocenters. The molecule has 0 fully saturated rings. The second kappa shape index (κ2) is 4.51. The number of carbonyl (C=O) groups is 1. The molecule has 5 heteroatoms. The van der Waals surface area contributed by atoms with Gasteiger partial charge in [-0.3, -0.25) is 9.48 Å². The van der Waals surface area contributed by atoms with E-state index in [2.05, 4.69) is 21.8 Å². The zero-order valence-corrected chi connectivity index (χ0v) is 11.0. The fourth-order valence-corrected chi connectivity index (χ4v) is 2.48. The number of amides is 1. The molecular formula is C14H16N4O. The van der Waals surface area contributed by atoms with Crippen molar-refractivity contribution >= 4 is 11.6 Å². The zero-order chi connectivity index (χ0) is 13.4. The average Bonchev–Trinajstić information content (AvgIpc) is 2.92. The van der Waals surface area contributed by atoms with Gasteiger partial charge in [0.05, 0.1) is 18.3 Å². The molecule has 1 aliphatic rings. The Morgan fingerprint density at radius 1 is 1.47 bits per heavy atom. The number of aromatic nitrogens is 2. The molecule has 3 rings (SSSR count). The van der Waals surface area contributed by atoms with Gasteiger partial charge in [0.15, 0.2) is 0 Å². The van der Waals surface area contributed by atoms with Crippen molar-refractivity contribution in [3.63, 3.8) is 0 Å². The maximum absolute atomic E-state index is 11.4. The van der Waals surface area contributed by atoms with Crippen LogP contribution in [0.2, 0.25) is 0 Å². The van der Waals surface area contributed by atoms with E-state index in [0.29, 0.717) is 6.42 Å². The van der Waals surface area contributed by atoms with Crippen molar-refractivity contribution in [1.82, 2.24) is 15.1 Å². The molecule has 1 aromatic heterocycles. The van der Waals surface area contributed by atoms with E-state index in [4.69, 9.17) is 0 Å². The van der Waals surface area contributed by atoms with Gasteiger partial charge >= 0.3 is 0 Å². The first kappa shape index (κ1) is 11.9. The van der Waals surface area contributed by atoms with Gasteiger partial charge < -0.3 is 10.6 Å². The quantitative estimate of drug-likeness (QED) is 0.870. The fourth-order valence-electron chi connectivity index (χ4n) is 2.48. The van der Waals surface area contributed by atoms with Gasteiger partial charge in [0.1, 0.15) is 0 Å². The summed E-state index contributed by atoms with van der Waals surface area (Å²) in [6.07, 6.45) is 2.34. The van der Waals surface area contributed by atoms with Crippen molar-refractivity contribution < 1.29 is 4.79 Å². The van der Waals surface area contributed by atoms with Crippen LogP contribution in [0.15, 0.2) is 24.4 Å². The molecule has 0 saturated heterocycles. The van der Waals surface area contributed by atoms with Crippen LogP contribution in [-0.2, 0) is 24.8 Å². The Morgan fingerprint density at radius 3 is 3.11 bits per heavy atom. The maximum atomic E-state index is 11.4. The van der Waals surface area contributed by atoms with Crippen LogP contribution in [0.4, 0.5) is 5.69 Å². The second-order valence-corrected chi connectivity index (χ2v) is 4.76. The van der Waals surface area contributed by atoms with E-state index in [-0.39, 0.29) is 5.91 Å². The van der Waals surface area contributed by atoms with E-state index in [1.807, 2.05) is 37.1 Å². The summed E-state index contributed by atoms with van der Waals surface area (Å²) >= 11 is 0. The number of nitrogens with one attached hydrogen (secondary N) is 2. The summed E-state index contributed by atoms with van der Waals surface area (Å²) in [7, 11) is 3.86. The van der Waals surface area contributed by atoms with Crippen LogP contribution in [0.3, 0.4) is 0 Å². The summed E-state index contributed by atoms with van der Waals surface area (Å²) in [5.74, 6) is 0.0637. The highest BCUT2D eigenvalue weighted by Crippen LogP contribution is 2.30. The van der Waals surface area contributed by atoms with E-state index in [1.54, 1.807) is 0 Å². The molecule has 1 aliphatic heterocycles. The summed E-state index contributed by atoms with van der Waals surface area (Å²) < 4.78 is 1.88. The van der Waals surface area contributed by atoms with Crippen LogP contribution in [0.1, 0.15) is 11.3 Å². The molecule has 2 heterocycles. The van der Waals surface area contributed by atoms with Gasteiger partial charge in [-0.05, 0) is 30.3 Å². The lowest BCUT2D eigenvalue weighted by Gasteiger charge is -2.07. The molecule has 2 N–H and O–H groups in total. The standard InChI is InChI=1S/C14H16N4O/c1-15-8-13-11(7-16-18(13)2)9-3-4-12-10(5-9)6-14(19)17-12/h3-5,7,15H,6,8H2,1-2H3,(H,17,19). The first-order chi connectivity index (χ1) is 9.19. The SMILES string of the molecule is CNCc1c(-c2ccc3c(c2)CC(=O)N3)cnn1C. The van der Waals surface area contributed by atoms with Crippen LogP contribution in [0.5, 0.6) is 0 Å². The van der Waals surface area contributed by atoms with Gasteiger partial charge in [0.2, 0.25) is 5.91 Å². The molecule has 98 valence electrons. The van der Waals surface area contributed by atoms with Gasteiger partial charge in [-0.1, -0.05) is 6.07 Å². The van der Waals surface area contributed by atoms with Crippen molar-refractivity contribution in [1.29, 1.82) is 0 Å². The molecule has 1 amide bonds. The van der Waals surface area contributed by atoms with Crippen molar-refractivity contribution in [3.8, 4) is 11.1 Å². The van der Waals surface area contributed by atoms with Crippen LogP contribution >= 0.6 is 0 Å². The second-order valence-electron chi connectivity index (χ2n) is 4.76. The summed E-state index contributed by atoms with van der Waals surface area (Å²) in [5, 5.41) is 10.3. The van der Waals surface area contributed by atoms with E-state index < -0.39 is 0 Å². The summed E-state index contributed by atoms with van der Waals surface area (Å²) in [5.41, 5.74) is 5.34. The normalized spacial score (nSPS) is 13.5. The van der Waals surface area contributed by atoms with Gasteiger partial charge in [0.25, 0.3) is 0 Å². The van der Waals surface area contributed by atoms with E-state index in [9.17, 15) is 4.79 Å². The molecule has 1 aromatic carbocycles. The third kappa shape index (κ3) is 2.02. The van der Waals surface area contributed by atoms with Crippen LogP contribution in [0.25, 0.3) is 11.1 Å². The smallest absolute Gasteiger partial charge is 0.228 e. The lowest BCUT2D eigenvalue weighted by molar-refractivity contribution is -0.115. The molecule has 19 heavy (non-hydrogen) atoms. The van der Waals surface area contributed by atoms with Gasteiger partial charge in [-0.2, -0.15) is 5.10 Å². The minimum atomic E-state index is 0.0637. The first-order valence-electron chi connectivity index (χ1n) is 6.27. The maximum Gasteiger partial charge on any atom is 0.228 e. The van der Waals surface area contributed by atoms with Crippen LogP contribution < -0.4 is 10.6 Å². The van der Waals surface area contributed by atoms with Gasteiger partial charge in [-0.15, -0.1) is 0 Å². The molecular weight excluding hydrogens is 240 g/mol. The molecule has 0 bridgehead atoms. The highest BCUT2D eigenvalue weighted by atomic mass is 16.1. The number of benzene rings is 1. The highest BCUT2D eigenvalue weighted by Gasteiger charge is 2.19. The third-order valence-corrected chi connectivity index (χ3v) is 3.45. The third-order valence-electron chi connectivity index (χ3n) is 3.45. The predicted molar refractivity (Wildman–Crippen MR) is 73.7 cm³/mol. The number of carbonyl (C=O) groups excluding carboxylic acids is 1. The van der Waals surface area contributed by atoms with Crippen LogP contribution in [0, 0.1) is 0 Å². The van der Waals surface area contributed by atoms with Crippen molar-refractivity contribution in [3.05, 3.63) is 35.7 Å². The molecule has 0 atom stereocenters. The lowest BCUT2D eigenvalue weighted by Crippen LogP contribution is -2.10. The Kier molecular flexibility index (Phi) is 2.83. The number of hydrogen-bond donors (Lipinski definition) is 2. The Bertz CT molecular complexity index is 645. The van der Waals surface area contributed by atoms with Crippen molar-refractivity contribution in [2.45, 2.75) is 13.0 Å². The first-order valence-corrected chi connectivity index (χ1v) is 6.27. The minimum absolute atomic E-state index is 0.0637. The molecule has 0 saturated carbocycles. The van der Waals surface area contributed by atoms with Crippen LogP contribution in [-0.4, -0.2) is 22.7 Å². The minimum Gasteiger partial charge on any atom is -0.326 e. The molecule has 5 nitrogen and oxygen atoms in total. The number of nitrogens with zero attached hydrogens (tertiary/aromatic N) is 2. The number of hydrogen-bond acceptors (Lipinski definition) is 3. The van der Waals surface area contributed by atoms with Gasteiger partial charge in [-0.25, -0.2) is 0 Å². The number of aryl methyl sites for hydroxylation is 1. The Labute approximate surface area is 111 Å². The lowest BCUT2D eigenvalue weighted by atomic mass is 10.0. The highest BCUT2D eigenvalue weighted by molar-refractivity contribution is 5.99. The summed E-state index contributed by atoms with van der Waals surface area (Å²) in [4.78, 5) is 11.4. The zero-order valence-electron chi connectivity index (χ0n) is 11.0. The number of anilines is 1. The summed E-state index contributed by atoms with van der Waals surface area (Å²) in [6.45, 7) is 0.764. The predicted octanol–water partition coefficient (Wildman–Crippen LogP) is 1.30. The van der Waals surface area contributed by atoms with E-state index >= 15 is 0 Å². The molecule has 2 aromatic rings. The fraction of sp³-hybridized carbons (Fsp3) is 0.286. The largest absolute Gasteiger partial charge is 0.326 e. The number of rotatable bonds is 3. The number of fused-ring (bicyclic) bond motifs is 1. The van der Waals surface area contributed by atoms with Gasteiger partial charge in [0, 0.05) is 24.8 Å². The topological polar surface area (TPSA) is 59.0 Å². The van der Waals surface area contributed by atoms with Crippen molar-refractivity contribution in [2.75, 3.05) is 12.4 Å². The monoisotopic (exact) mass is 256 g/mol. The Balaban J connectivity index is 2.04. The van der Waals surface area contributed by atoms with E-state index in [0.717, 1.165) is 34.6 Å².